The number of carboxylic acids is 5. The Morgan fingerprint density at radius 3 is 1.13 bits per heavy atom. The molecule has 0 aromatic carbocycles. The second kappa shape index (κ2) is 25.7. The van der Waals surface area contributed by atoms with Gasteiger partial charge in [0.15, 0.2) is 0 Å². The first-order valence-corrected chi connectivity index (χ1v) is 11.2. The lowest BCUT2D eigenvalue weighted by Crippen LogP contribution is -2.34. The van der Waals surface area contributed by atoms with E-state index in [1.807, 2.05) is 0 Å². The molecule has 0 aliphatic carbocycles. The molecule has 0 heterocycles. The SMILES string of the molecule is NC(=O)CC(N)C(=O)O.NC(=O)CCC(N)C(=O)O.NC(CCC(=O)O)C(=O)O.NCCCCC(N)C(=O)O. The second-order valence-electron chi connectivity index (χ2n) is 7.67. The zero-order valence-corrected chi connectivity index (χ0v) is 21.3. The van der Waals surface area contributed by atoms with Gasteiger partial charge in [0.25, 0.3) is 0 Å². The number of aliphatic carboxylic acids is 5. The van der Waals surface area contributed by atoms with Crippen LogP contribution in [0.5, 0.6) is 0 Å². The molecule has 0 rings (SSSR count). The molecule has 0 bridgehead atoms. The van der Waals surface area contributed by atoms with Gasteiger partial charge >= 0.3 is 29.8 Å². The van der Waals surface area contributed by atoms with Crippen LogP contribution in [0.1, 0.15) is 51.4 Å². The van der Waals surface area contributed by atoms with Crippen LogP contribution in [0, 0.1) is 0 Å². The summed E-state index contributed by atoms with van der Waals surface area (Å²) in [7, 11) is 0. The Balaban J connectivity index is -0.000000210. The van der Waals surface area contributed by atoms with Crippen LogP contribution >= 0.6 is 0 Å². The zero-order chi connectivity index (χ0) is 31.7. The third-order valence-corrected chi connectivity index (χ3v) is 4.03. The van der Waals surface area contributed by atoms with Crippen molar-refractivity contribution in [1.29, 1.82) is 0 Å². The van der Waals surface area contributed by atoms with Gasteiger partial charge in [-0.25, -0.2) is 0 Å². The molecule has 0 radical (unpaired) electrons. The predicted octanol–water partition coefficient (Wildman–Crippen LogP) is -4.27. The standard InChI is InChI=1S/C6H14N2O2.C5H10N2O3.C5H9NO4.C4H8N2O3/c7-4-2-1-3-5(8)6(9)10;2*6-3(5(9)10)1-2-4(7)8;5-2(4(8)9)1-3(6)7/h5H,1-4,7-8H2,(H,9,10);3H,1-2,6H2,(H2,7,8)(H,9,10);3H,1-2,6H2,(H,7,8)(H,9,10);2H,1,5H2,(H2,6,7)(H,8,9). The van der Waals surface area contributed by atoms with E-state index in [-0.39, 0.29) is 32.1 Å². The van der Waals surface area contributed by atoms with Crippen LogP contribution in [-0.2, 0) is 33.6 Å². The van der Waals surface area contributed by atoms with E-state index in [1.165, 1.54) is 0 Å². The van der Waals surface area contributed by atoms with Crippen molar-refractivity contribution in [3.05, 3.63) is 0 Å². The largest absolute Gasteiger partial charge is 0.481 e. The number of carbonyl (C=O) groups is 7. The van der Waals surface area contributed by atoms with Crippen LogP contribution in [-0.4, -0.2) is 97.9 Å². The number of amides is 2. The first-order valence-electron chi connectivity index (χ1n) is 11.2. The van der Waals surface area contributed by atoms with E-state index >= 15 is 0 Å². The normalized spacial score (nSPS) is 12.6. The molecule has 0 fully saturated rings. The minimum atomic E-state index is -1.21. The summed E-state index contributed by atoms with van der Waals surface area (Å²) >= 11 is 0. The zero-order valence-electron chi connectivity index (χ0n) is 21.3. The molecule has 19 nitrogen and oxygen atoms in total. The number of primary amides is 2. The average Bonchev–Trinajstić information content (AvgIpc) is 2.81. The number of nitrogens with two attached hydrogens (primary N) is 7. The lowest BCUT2D eigenvalue weighted by atomic mass is 10.1. The summed E-state index contributed by atoms with van der Waals surface area (Å²) in [6.07, 6.45) is 1.75. The third kappa shape index (κ3) is 36.3. The van der Waals surface area contributed by atoms with Gasteiger partial charge < -0.3 is 65.7 Å². The molecule has 2 amide bonds. The van der Waals surface area contributed by atoms with Gasteiger partial charge in [-0.1, -0.05) is 6.42 Å². The minimum Gasteiger partial charge on any atom is -0.481 e. The summed E-state index contributed by atoms with van der Waals surface area (Å²) in [6.45, 7) is 0.604. The summed E-state index contributed by atoms with van der Waals surface area (Å²) in [5.41, 5.74) is 34.8. The van der Waals surface area contributed by atoms with Gasteiger partial charge in [-0.05, 0) is 32.2 Å². The first-order chi connectivity index (χ1) is 17.8. The fourth-order valence-corrected chi connectivity index (χ4v) is 1.76. The number of unbranched alkanes of at least 4 members (excludes halogenated alkanes) is 1. The molecular formula is C20H41N7O12. The molecule has 4 atom stereocenters. The highest BCUT2D eigenvalue weighted by Gasteiger charge is 2.14. The van der Waals surface area contributed by atoms with Crippen LogP contribution in [0.15, 0.2) is 0 Å². The van der Waals surface area contributed by atoms with Crippen LogP contribution in [0.4, 0.5) is 0 Å². The highest BCUT2D eigenvalue weighted by Crippen LogP contribution is 1.97. The van der Waals surface area contributed by atoms with Gasteiger partial charge in [-0.15, -0.1) is 0 Å². The van der Waals surface area contributed by atoms with Gasteiger partial charge in [0, 0.05) is 12.8 Å². The Morgan fingerprint density at radius 1 is 0.513 bits per heavy atom. The molecule has 0 aliphatic heterocycles. The molecule has 19 N–H and O–H groups in total. The highest BCUT2D eigenvalue weighted by atomic mass is 16.4. The van der Waals surface area contributed by atoms with Crippen LogP contribution in [0.3, 0.4) is 0 Å². The molecule has 19 heteroatoms. The van der Waals surface area contributed by atoms with Crippen LogP contribution < -0.4 is 40.1 Å². The summed E-state index contributed by atoms with van der Waals surface area (Å²) in [4.78, 5) is 70.0. The van der Waals surface area contributed by atoms with E-state index in [1.54, 1.807) is 0 Å². The van der Waals surface area contributed by atoms with Crippen LogP contribution in [0.25, 0.3) is 0 Å². The molecule has 0 saturated heterocycles. The van der Waals surface area contributed by atoms with Crippen molar-refractivity contribution >= 4 is 41.7 Å². The average molecular weight is 572 g/mol. The van der Waals surface area contributed by atoms with E-state index in [0.717, 1.165) is 12.8 Å². The molecule has 0 aromatic heterocycles. The van der Waals surface area contributed by atoms with E-state index in [2.05, 4.69) is 5.73 Å². The van der Waals surface area contributed by atoms with Crippen molar-refractivity contribution in [3.63, 3.8) is 0 Å². The second-order valence-corrected chi connectivity index (χ2v) is 7.67. The maximum absolute atomic E-state index is 10.1. The lowest BCUT2D eigenvalue weighted by molar-refractivity contribution is -0.141. The van der Waals surface area contributed by atoms with Gasteiger partial charge in [0.2, 0.25) is 11.8 Å². The van der Waals surface area contributed by atoms with E-state index in [4.69, 9.17) is 59.9 Å². The number of rotatable bonds is 16. The molecule has 39 heavy (non-hydrogen) atoms. The summed E-state index contributed by atoms with van der Waals surface area (Å²) in [5, 5.41) is 40.9. The van der Waals surface area contributed by atoms with Gasteiger partial charge in [-0.2, -0.15) is 0 Å². The van der Waals surface area contributed by atoms with Gasteiger partial charge in [-0.3, -0.25) is 33.6 Å². The Morgan fingerprint density at radius 2 is 0.872 bits per heavy atom. The van der Waals surface area contributed by atoms with E-state index < -0.39 is 65.8 Å². The highest BCUT2D eigenvalue weighted by molar-refractivity contribution is 5.83. The summed E-state index contributed by atoms with van der Waals surface area (Å²) < 4.78 is 0. The quantitative estimate of drug-likeness (QED) is 0.0779. The predicted molar refractivity (Wildman–Crippen MR) is 134 cm³/mol. The maximum Gasteiger partial charge on any atom is 0.321 e. The molecular weight excluding hydrogens is 530 g/mol. The molecule has 0 aliphatic rings. The monoisotopic (exact) mass is 571 g/mol. The van der Waals surface area contributed by atoms with Crippen molar-refractivity contribution in [2.24, 2.45) is 40.1 Å². The first kappa shape index (κ1) is 42.2. The number of hydrogen-bond donors (Lipinski definition) is 12. The van der Waals surface area contributed by atoms with Gasteiger partial charge in [0.1, 0.15) is 24.2 Å². The number of carbonyl (C=O) groups excluding carboxylic acids is 2. The number of carboxylic acid groups (broad SMARTS) is 5. The fourth-order valence-electron chi connectivity index (χ4n) is 1.76. The smallest absolute Gasteiger partial charge is 0.321 e. The molecule has 0 saturated carbocycles. The van der Waals surface area contributed by atoms with Crippen molar-refractivity contribution in [2.45, 2.75) is 75.5 Å². The third-order valence-electron chi connectivity index (χ3n) is 4.03. The Labute approximate surface area is 223 Å². The lowest BCUT2D eigenvalue weighted by Gasteiger charge is -2.03. The minimum absolute atomic E-state index is 0.0213. The van der Waals surface area contributed by atoms with Crippen molar-refractivity contribution in [1.82, 2.24) is 0 Å². The topological polar surface area (TPSA) is 403 Å². The molecule has 4 unspecified atom stereocenters. The van der Waals surface area contributed by atoms with Gasteiger partial charge in [0.05, 0.1) is 6.42 Å². The Bertz CT molecular complexity index is 748. The summed E-state index contributed by atoms with van der Waals surface area (Å²) in [6, 6.07) is -3.92. The summed E-state index contributed by atoms with van der Waals surface area (Å²) in [5.74, 6) is -6.69. The molecule has 0 aromatic rings. The van der Waals surface area contributed by atoms with E-state index in [0.29, 0.717) is 13.0 Å². The van der Waals surface area contributed by atoms with Crippen molar-refractivity contribution in [3.8, 4) is 0 Å². The Kier molecular flexibility index (Phi) is 27.8. The van der Waals surface area contributed by atoms with Crippen molar-refractivity contribution < 1.29 is 59.1 Å². The fraction of sp³-hybridized carbons (Fsp3) is 0.650. The maximum atomic E-state index is 10.1. The van der Waals surface area contributed by atoms with Crippen molar-refractivity contribution in [2.75, 3.05) is 6.54 Å². The number of hydrogen-bond acceptors (Lipinski definition) is 12. The molecule has 0 spiro atoms. The van der Waals surface area contributed by atoms with Crippen LogP contribution in [0.2, 0.25) is 0 Å². The van der Waals surface area contributed by atoms with E-state index in [9.17, 15) is 33.6 Å². The molecule has 228 valence electrons. The Hall–Kier alpha value is -3.91.